The Morgan fingerprint density at radius 3 is 2.36 bits per heavy atom. The first-order valence-electron chi connectivity index (χ1n) is 5.08. The SMILES string of the molecule is CCN(CCOC)c1ccc(C)cc1. The molecule has 2 heteroatoms. The van der Waals surface area contributed by atoms with Gasteiger partial charge in [0.05, 0.1) is 6.61 Å². The van der Waals surface area contributed by atoms with Crippen LogP contribution in [0.2, 0.25) is 0 Å². The van der Waals surface area contributed by atoms with E-state index < -0.39 is 0 Å². The molecular formula is C12H19NO. The van der Waals surface area contributed by atoms with Crippen molar-refractivity contribution in [3.05, 3.63) is 29.8 Å². The van der Waals surface area contributed by atoms with Gasteiger partial charge in [-0.15, -0.1) is 0 Å². The molecule has 0 saturated heterocycles. The van der Waals surface area contributed by atoms with Gasteiger partial charge in [0, 0.05) is 25.9 Å². The average molecular weight is 193 g/mol. The summed E-state index contributed by atoms with van der Waals surface area (Å²) in [6, 6.07) is 8.61. The van der Waals surface area contributed by atoms with E-state index in [1.807, 2.05) is 0 Å². The highest BCUT2D eigenvalue weighted by Crippen LogP contribution is 2.14. The van der Waals surface area contributed by atoms with Crippen LogP contribution in [0.15, 0.2) is 24.3 Å². The van der Waals surface area contributed by atoms with Gasteiger partial charge in [-0.05, 0) is 26.0 Å². The lowest BCUT2D eigenvalue weighted by atomic mass is 10.2. The molecule has 0 heterocycles. The summed E-state index contributed by atoms with van der Waals surface area (Å²) in [4.78, 5) is 2.31. The van der Waals surface area contributed by atoms with Crippen molar-refractivity contribution in [2.24, 2.45) is 0 Å². The zero-order valence-electron chi connectivity index (χ0n) is 9.29. The number of likely N-dealkylation sites (N-methyl/N-ethyl adjacent to an activating group) is 1. The number of nitrogens with zero attached hydrogens (tertiary/aromatic N) is 1. The first-order valence-corrected chi connectivity index (χ1v) is 5.08. The summed E-state index contributed by atoms with van der Waals surface area (Å²) in [5.74, 6) is 0. The molecule has 0 aliphatic heterocycles. The van der Waals surface area contributed by atoms with Crippen LogP contribution >= 0.6 is 0 Å². The van der Waals surface area contributed by atoms with Gasteiger partial charge in [0.2, 0.25) is 0 Å². The van der Waals surface area contributed by atoms with Gasteiger partial charge < -0.3 is 9.64 Å². The Labute approximate surface area is 86.5 Å². The van der Waals surface area contributed by atoms with Crippen molar-refractivity contribution in [1.82, 2.24) is 0 Å². The van der Waals surface area contributed by atoms with Crippen molar-refractivity contribution in [2.75, 3.05) is 31.7 Å². The highest BCUT2D eigenvalue weighted by Gasteiger charge is 2.02. The molecule has 0 radical (unpaired) electrons. The summed E-state index contributed by atoms with van der Waals surface area (Å²) in [6.07, 6.45) is 0. The van der Waals surface area contributed by atoms with Crippen LogP contribution in [0.25, 0.3) is 0 Å². The van der Waals surface area contributed by atoms with Gasteiger partial charge >= 0.3 is 0 Å². The molecule has 1 aromatic carbocycles. The van der Waals surface area contributed by atoms with Crippen LogP contribution in [0.4, 0.5) is 5.69 Å². The Hall–Kier alpha value is -1.02. The predicted molar refractivity (Wildman–Crippen MR) is 60.9 cm³/mol. The maximum Gasteiger partial charge on any atom is 0.0637 e. The zero-order chi connectivity index (χ0) is 10.4. The molecule has 2 nitrogen and oxygen atoms in total. The lowest BCUT2D eigenvalue weighted by molar-refractivity contribution is 0.205. The van der Waals surface area contributed by atoms with Crippen LogP contribution in [0, 0.1) is 6.92 Å². The number of methoxy groups -OCH3 is 1. The smallest absolute Gasteiger partial charge is 0.0637 e. The lowest BCUT2D eigenvalue weighted by Crippen LogP contribution is -2.26. The maximum absolute atomic E-state index is 5.08. The molecule has 1 aromatic rings. The minimum absolute atomic E-state index is 0.779. The number of anilines is 1. The Kier molecular flexibility index (Phi) is 4.47. The Balaban J connectivity index is 2.64. The van der Waals surface area contributed by atoms with E-state index >= 15 is 0 Å². The van der Waals surface area contributed by atoms with E-state index in [2.05, 4.69) is 43.0 Å². The summed E-state index contributed by atoms with van der Waals surface area (Å²) < 4.78 is 5.08. The molecule has 0 saturated carbocycles. The van der Waals surface area contributed by atoms with Crippen molar-refractivity contribution in [1.29, 1.82) is 0 Å². The Bertz CT molecular complexity index is 256. The fraction of sp³-hybridized carbons (Fsp3) is 0.500. The fourth-order valence-corrected chi connectivity index (χ4v) is 1.43. The summed E-state index contributed by atoms with van der Waals surface area (Å²) in [5, 5.41) is 0. The summed E-state index contributed by atoms with van der Waals surface area (Å²) in [5.41, 5.74) is 2.58. The predicted octanol–water partition coefficient (Wildman–Crippen LogP) is 2.47. The van der Waals surface area contributed by atoms with E-state index in [-0.39, 0.29) is 0 Å². The number of ether oxygens (including phenoxy) is 1. The molecule has 0 N–H and O–H groups in total. The third kappa shape index (κ3) is 3.04. The zero-order valence-corrected chi connectivity index (χ0v) is 9.29. The van der Waals surface area contributed by atoms with E-state index in [0.29, 0.717) is 0 Å². The lowest BCUT2D eigenvalue weighted by Gasteiger charge is -2.22. The highest BCUT2D eigenvalue weighted by atomic mass is 16.5. The van der Waals surface area contributed by atoms with Gasteiger partial charge in [-0.2, -0.15) is 0 Å². The van der Waals surface area contributed by atoms with Crippen LogP contribution < -0.4 is 4.90 Å². The van der Waals surface area contributed by atoms with Gasteiger partial charge in [-0.1, -0.05) is 17.7 Å². The second-order valence-electron chi connectivity index (χ2n) is 3.41. The number of rotatable bonds is 5. The fourth-order valence-electron chi connectivity index (χ4n) is 1.43. The van der Waals surface area contributed by atoms with Crippen molar-refractivity contribution in [3.8, 4) is 0 Å². The first kappa shape index (κ1) is 11.1. The summed E-state index contributed by atoms with van der Waals surface area (Å²) in [7, 11) is 1.74. The van der Waals surface area contributed by atoms with Crippen LogP contribution in [0.5, 0.6) is 0 Å². The number of hydrogen-bond acceptors (Lipinski definition) is 2. The van der Waals surface area contributed by atoms with Crippen LogP contribution in [0.3, 0.4) is 0 Å². The van der Waals surface area contributed by atoms with E-state index in [9.17, 15) is 0 Å². The van der Waals surface area contributed by atoms with Gasteiger partial charge in [0.1, 0.15) is 0 Å². The van der Waals surface area contributed by atoms with Crippen molar-refractivity contribution in [3.63, 3.8) is 0 Å². The van der Waals surface area contributed by atoms with Crippen LogP contribution in [-0.2, 0) is 4.74 Å². The number of aryl methyl sites for hydroxylation is 1. The molecule has 0 aromatic heterocycles. The molecule has 1 rings (SSSR count). The minimum atomic E-state index is 0.779. The third-order valence-electron chi connectivity index (χ3n) is 2.35. The molecule has 0 fully saturated rings. The molecule has 0 spiro atoms. The van der Waals surface area contributed by atoms with Crippen molar-refractivity contribution < 1.29 is 4.74 Å². The van der Waals surface area contributed by atoms with Crippen LogP contribution in [-0.4, -0.2) is 26.8 Å². The normalized spacial score (nSPS) is 10.2. The van der Waals surface area contributed by atoms with E-state index in [1.54, 1.807) is 7.11 Å². The Morgan fingerprint density at radius 2 is 1.86 bits per heavy atom. The van der Waals surface area contributed by atoms with Gasteiger partial charge in [0.15, 0.2) is 0 Å². The van der Waals surface area contributed by atoms with E-state index in [1.165, 1.54) is 11.3 Å². The number of benzene rings is 1. The molecule has 0 amide bonds. The maximum atomic E-state index is 5.08. The molecule has 0 aliphatic carbocycles. The molecule has 14 heavy (non-hydrogen) atoms. The van der Waals surface area contributed by atoms with E-state index in [4.69, 9.17) is 4.74 Å². The highest BCUT2D eigenvalue weighted by molar-refractivity contribution is 5.47. The monoisotopic (exact) mass is 193 g/mol. The van der Waals surface area contributed by atoms with Gasteiger partial charge in [-0.25, -0.2) is 0 Å². The van der Waals surface area contributed by atoms with Gasteiger partial charge in [-0.3, -0.25) is 0 Å². The summed E-state index contributed by atoms with van der Waals surface area (Å²) >= 11 is 0. The minimum Gasteiger partial charge on any atom is -0.383 e. The largest absolute Gasteiger partial charge is 0.383 e. The third-order valence-corrected chi connectivity index (χ3v) is 2.35. The van der Waals surface area contributed by atoms with Gasteiger partial charge in [0.25, 0.3) is 0 Å². The molecule has 0 aliphatic rings. The molecule has 78 valence electrons. The molecule has 0 unspecified atom stereocenters. The average Bonchev–Trinajstić information content (AvgIpc) is 2.21. The quantitative estimate of drug-likeness (QED) is 0.712. The summed E-state index contributed by atoms with van der Waals surface area (Å²) in [6.45, 7) is 7.02. The number of hydrogen-bond donors (Lipinski definition) is 0. The standard InChI is InChI=1S/C12H19NO/c1-4-13(9-10-14-3)12-7-5-11(2)6-8-12/h5-8H,4,9-10H2,1-3H3. The first-order chi connectivity index (χ1) is 6.77. The van der Waals surface area contributed by atoms with Crippen molar-refractivity contribution >= 4 is 5.69 Å². The van der Waals surface area contributed by atoms with Crippen LogP contribution in [0.1, 0.15) is 12.5 Å². The molecule has 0 bridgehead atoms. The second kappa shape index (κ2) is 5.66. The molecule has 0 atom stereocenters. The van der Waals surface area contributed by atoms with Crippen molar-refractivity contribution in [2.45, 2.75) is 13.8 Å². The van der Waals surface area contributed by atoms with E-state index in [0.717, 1.165) is 19.7 Å². The topological polar surface area (TPSA) is 12.5 Å². The second-order valence-corrected chi connectivity index (χ2v) is 3.41. The molecular weight excluding hydrogens is 174 g/mol. The Morgan fingerprint density at radius 1 is 1.21 bits per heavy atom.